The third kappa shape index (κ3) is 10.2. The van der Waals surface area contributed by atoms with Gasteiger partial charge in [-0.25, -0.2) is 0 Å². The van der Waals surface area contributed by atoms with Crippen LogP contribution >= 0.6 is 0 Å². The van der Waals surface area contributed by atoms with Crippen LogP contribution in [0.1, 0.15) is 52.9 Å². The normalized spacial score (nSPS) is 10.9. The lowest BCUT2D eigenvalue weighted by Gasteiger charge is -2.10. The van der Waals surface area contributed by atoms with Crippen molar-refractivity contribution in [1.82, 2.24) is 0 Å². The molecule has 0 rings (SSSR count). The summed E-state index contributed by atoms with van der Waals surface area (Å²) in [5.41, 5.74) is 0.976. The third-order valence-corrected chi connectivity index (χ3v) is 2.50. The van der Waals surface area contributed by atoms with Crippen LogP contribution in [0.2, 0.25) is 0 Å². The quantitative estimate of drug-likeness (QED) is 0.370. The fraction of sp³-hybridized carbons (Fsp3) is 0.625. The van der Waals surface area contributed by atoms with Crippen molar-refractivity contribution in [1.29, 1.82) is 0 Å². The second-order valence-electron chi connectivity index (χ2n) is 4.56. The van der Waals surface area contributed by atoms with Crippen LogP contribution in [0.25, 0.3) is 0 Å². The molecule has 0 aliphatic carbocycles. The molecule has 0 N–H and O–H groups in total. The van der Waals surface area contributed by atoms with Gasteiger partial charge in [-0.15, -0.1) is 12.5 Å². The van der Waals surface area contributed by atoms with Crippen LogP contribution < -0.4 is 0 Å². The molecule has 0 aromatic carbocycles. The molecule has 1 unspecified atom stereocenters. The number of carbonyl (C=O) groups is 2. The van der Waals surface area contributed by atoms with Crippen LogP contribution in [0.15, 0.2) is 12.2 Å². The molecule has 0 amide bonds. The zero-order chi connectivity index (χ0) is 15.4. The first-order chi connectivity index (χ1) is 9.49. The molecular formula is C16H24O4. The summed E-state index contributed by atoms with van der Waals surface area (Å²) in [6.45, 7) is 9.57. The number of hydrogen-bond donors (Lipinski definition) is 0. The molecule has 0 spiro atoms. The maximum Gasteiger partial charge on any atom is 0.307 e. The Balaban J connectivity index is 3.76. The average molecular weight is 280 g/mol. The molecule has 0 fully saturated rings. The maximum atomic E-state index is 11.5. The van der Waals surface area contributed by atoms with Gasteiger partial charge in [0, 0.05) is 19.3 Å². The Labute approximate surface area is 121 Å². The first kappa shape index (κ1) is 18.2. The van der Waals surface area contributed by atoms with Gasteiger partial charge in [-0.05, 0) is 26.7 Å². The highest BCUT2D eigenvalue weighted by molar-refractivity contribution is 5.72. The highest BCUT2D eigenvalue weighted by Crippen LogP contribution is 2.05. The second-order valence-corrected chi connectivity index (χ2v) is 4.56. The largest absolute Gasteiger partial charge is 0.465 e. The van der Waals surface area contributed by atoms with E-state index >= 15 is 0 Å². The first-order valence-electron chi connectivity index (χ1n) is 6.91. The molecule has 0 aromatic heterocycles. The smallest absolute Gasteiger partial charge is 0.307 e. The van der Waals surface area contributed by atoms with E-state index in [0.29, 0.717) is 25.9 Å². The van der Waals surface area contributed by atoms with Crippen molar-refractivity contribution in [3.8, 4) is 11.8 Å². The van der Waals surface area contributed by atoms with Crippen LogP contribution in [0.4, 0.5) is 0 Å². The van der Waals surface area contributed by atoms with E-state index in [1.807, 2.05) is 13.8 Å². The standard InChI is InChI=1S/C16H24O4/c1-5-8-14(6-2)20-16(18)10-7-9-15(17)19-12-11-13(3)4/h14H,3,6-7,9-12H2,1-2,4H3. The fourth-order valence-corrected chi connectivity index (χ4v) is 1.38. The monoisotopic (exact) mass is 280 g/mol. The van der Waals surface area contributed by atoms with Gasteiger partial charge in [0.2, 0.25) is 0 Å². The summed E-state index contributed by atoms with van der Waals surface area (Å²) in [6, 6.07) is 0. The number of carbonyl (C=O) groups excluding carboxylic acids is 2. The number of rotatable bonds is 9. The minimum atomic E-state index is -0.352. The minimum absolute atomic E-state index is 0.206. The SMILES string of the molecule is C=C(C)CCOC(=O)CCCC(=O)OC(C#CC)CC. The van der Waals surface area contributed by atoms with E-state index in [4.69, 9.17) is 9.47 Å². The van der Waals surface area contributed by atoms with E-state index in [2.05, 4.69) is 18.4 Å². The highest BCUT2D eigenvalue weighted by Gasteiger charge is 2.11. The minimum Gasteiger partial charge on any atom is -0.465 e. The van der Waals surface area contributed by atoms with Gasteiger partial charge in [-0.3, -0.25) is 9.59 Å². The van der Waals surface area contributed by atoms with Gasteiger partial charge in [0.15, 0.2) is 6.10 Å². The summed E-state index contributed by atoms with van der Waals surface area (Å²) >= 11 is 0. The van der Waals surface area contributed by atoms with Gasteiger partial charge >= 0.3 is 11.9 Å². The Bertz CT molecular complexity index is 387. The van der Waals surface area contributed by atoms with Gasteiger partial charge in [0.1, 0.15) is 0 Å². The van der Waals surface area contributed by atoms with Crippen LogP contribution in [-0.4, -0.2) is 24.6 Å². The second kappa shape index (κ2) is 11.1. The molecule has 0 radical (unpaired) electrons. The number of esters is 2. The third-order valence-electron chi connectivity index (χ3n) is 2.50. The van der Waals surface area contributed by atoms with E-state index in [0.717, 1.165) is 5.57 Å². The summed E-state index contributed by atoms with van der Waals surface area (Å²) in [5, 5.41) is 0. The number of hydrogen-bond acceptors (Lipinski definition) is 4. The molecule has 0 saturated carbocycles. The molecule has 20 heavy (non-hydrogen) atoms. The summed E-state index contributed by atoms with van der Waals surface area (Å²) in [7, 11) is 0. The Kier molecular flexibility index (Phi) is 10.1. The van der Waals surface area contributed by atoms with Crippen LogP contribution in [0.3, 0.4) is 0 Å². The topological polar surface area (TPSA) is 52.6 Å². The lowest BCUT2D eigenvalue weighted by Crippen LogP contribution is -2.16. The van der Waals surface area contributed by atoms with E-state index in [1.54, 1.807) is 6.92 Å². The van der Waals surface area contributed by atoms with Crippen molar-refractivity contribution < 1.29 is 19.1 Å². The molecule has 0 heterocycles. The molecule has 112 valence electrons. The summed E-state index contributed by atoms with van der Waals surface area (Å²) < 4.78 is 10.2. The zero-order valence-corrected chi connectivity index (χ0v) is 12.7. The first-order valence-corrected chi connectivity index (χ1v) is 6.91. The predicted octanol–water partition coefficient (Wildman–Crippen LogP) is 3.01. The molecule has 0 bridgehead atoms. The zero-order valence-electron chi connectivity index (χ0n) is 12.7. The molecule has 1 atom stereocenters. The van der Waals surface area contributed by atoms with Crippen molar-refractivity contribution in [3.63, 3.8) is 0 Å². The van der Waals surface area contributed by atoms with Crippen LogP contribution in [-0.2, 0) is 19.1 Å². The summed E-state index contributed by atoms with van der Waals surface area (Å²) in [4.78, 5) is 22.9. The summed E-state index contributed by atoms with van der Waals surface area (Å²) in [5.74, 6) is 4.91. The van der Waals surface area contributed by atoms with E-state index in [1.165, 1.54) is 0 Å². The molecule has 0 aliphatic rings. The highest BCUT2D eigenvalue weighted by atomic mass is 16.5. The van der Waals surface area contributed by atoms with Crippen molar-refractivity contribution in [2.45, 2.75) is 59.0 Å². The average Bonchev–Trinajstić information content (AvgIpc) is 2.37. The number of ether oxygens (including phenoxy) is 2. The molecule has 0 aromatic rings. The van der Waals surface area contributed by atoms with Crippen LogP contribution in [0, 0.1) is 11.8 Å². The Morgan fingerprint density at radius 3 is 2.40 bits per heavy atom. The molecule has 0 aliphatic heterocycles. The molecular weight excluding hydrogens is 256 g/mol. The lowest BCUT2D eigenvalue weighted by atomic mass is 10.2. The van der Waals surface area contributed by atoms with Crippen LogP contribution in [0.5, 0.6) is 0 Å². The lowest BCUT2D eigenvalue weighted by molar-refractivity contribution is -0.147. The van der Waals surface area contributed by atoms with Crippen molar-refractivity contribution in [2.24, 2.45) is 0 Å². The van der Waals surface area contributed by atoms with E-state index < -0.39 is 0 Å². The Morgan fingerprint density at radius 1 is 1.20 bits per heavy atom. The van der Waals surface area contributed by atoms with Gasteiger partial charge in [-0.1, -0.05) is 18.4 Å². The molecule has 4 heteroatoms. The van der Waals surface area contributed by atoms with E-state index in [9.17, 15) is 9.59 Å². The van der Waals surface area contributed by atoms with Gasteiger partial charge in [0.25, 0.3) is 0 Å². The molecule has 0 saturated heterocycles. The predicted molar refractivity (Wildman–Crippen MR) is 77.9 cm³/mol. The summed E-state index contributed by atoms with van der Waals surface area (Å²) in [6.07, 6.45) is 1.84. The van der Waals surface area contributed by atoms with E-state index in [-0.39, 0.29) is 30.9 Å². The van der Waals surface area contributed by atoms with Gasteiger partial charge in [0.05, 0.1) is 6.61 Å². The fourth-order valence-electron chi connectivity index (χ4n) is 1.38. The van der Waals surface area contributed by atoms with Gasteiger partial charge in [-0.2, -0.15) is 0 Å². The van der Waals surface area contributed by atoms with Gasteiger partial charge < -0.3 is 9.47 Å². The Hall–Kier alpha value is -1.76. The maximum absolute atomic E-state index is 11.5. The van der Waals surface area contributed by atoms with Crippen molar-refractivity contribution >= 4 is 11.9 Å². The van der Waals surface area contributed by atoms with Crippen molar-refractivity contribution in [3.05, 3.63) is 12.2 Å². The molecule has 4 nitrogen and oxygen atoms in total. The Morgan fingerprint density at radius 2 is 1.85 bits per heavy atom. The van der Waals surface area contributed by atoms with Crippen molar-refractivity contribution in [2.75, 3.05) is 6.61 Å².